The van der Waals surface area contributed by atoms with Gasteiger partial charge in [0.1, 0.15) is 5.76 Å². The van der Waals surface area contributed by atoms with Crippen LogP contribution in [0.1, 0.15) is 39.7 Å². The largest absolute Gasteiger partial charge is 0.469 e. The van der Waals surface area contributed by atoms with Crippen molar-refractivity contribution in [2.45, 2.75) is 24.9 Å². The number of nitrogens with zero attached hydrogens (tertiary/aromatic N) is 2. The maximum atomic E-state index is 13.2. The number of para-hydroxylation sites is 1. The van der Waals surface area contributed by atoms with Crippen molar-refractivity contribution in [3.05, 3.63) is 95.6 Å². The van der Waals surface area contributed by atoms with E-state index in [1.165, 1.54) is 12.1 Å². The van der Waals surface area contributed by atoms with Crippen molar-refractivity contribution in [3.63, 3.8) is 0 Å². The van der Waals surface area contributed by atoms with Gasteiger partial charge in [0, 0.05) is 24.4 Å². The SMILES string of the molecule is O=C1C[C@H](c2ccco2)Cc2c1c(Nc1cccc(C(F)(F)F)c1)nn2-c1ccccc1. The molecule has 0 bridgehead atoms. The normalized spacial score (nSPS) is 16.1. The zero-order valence-corrected chi connectivity index (χ0v) is 16.8. The molecule has 0 fully saturated rings. The number of ketones is 1. The van der Waals surface area contributed by atoms with Gasteiger partial charge in [-0.2, -0.15) is 13.2 Å². The lowest BCUT2D eigenvalue weighted by atomic mass is 9.85. The van der Waals surface area contributed by atoms with E-state index in [9.17, 15) is 18.0 Å². The number of nitrogens with one attached hydrogen (secondary N) is 1. The first-order valence-corrected chi connectivity index (χ1v) is 10.1. The average molecular weight is 437 g/mol. The van der Waals surface area contributed by atoms with E-state index in [2.05, 4.69) is 10.4 Å². The van der Waals surface area contributed by atoms with Gasteiger partial charge < -0.3 is 9.73 Å². The molecule has 1 N–H and O–H groups in total. The van der Waals surface area contributed by atoms with Crippen LogP contribution in [-0.4, -0.2) is 15.6 Å². The monoisotopic (exact) mass is 437 g/mol. The predicted molar refractivity (Wildman–Crippen MR) is 112 cm³/mol. The van der Waals surface area contributed by atoms with Crippen molar-refractivity contribution in [1.82, 2.24) is 9.78 Å². The summed E-state index contributed by atoms with van der Waals surface area (Å²) in [5.41, 5.74) is 1.29. The van der Waals surface area contributed by atoms with Crippen molar-refractivity contribution >= 4 is 17.3 Å². The van der Waals surface area contributed by atoms with Crippen LogP contribution in [0, 0.1) is 0 Å². The number of carbonyl (C=O) groups excluding carboxylic acids is 1. The van der Waals surface area contributed by atoms with Crippen LogP contribution in [-0.2, 0) is 12.6 Å². The molecule has 1 aliphatic rings. The maximum absolute atomic E-state index is 13.2. The third kappa shape index (κ3) is 3.68. The van der Waals surface area contributed by atoms with E-state index in [0.29, 0.717) is 17.7 Å². The lowest BCUT2D eigenvalue weighted by Crippen LogP contribution is -2.20. The van der Waals surface area contributed by atoms with Crippen LogP contribution in [0.5, 0.6) is 0 Å². The summed E-state index contributed by atoms with van der Waals surface area (Å²) in [6.07, 6.45) is -2.14. The van der Waals surface area contributed by atoms with E-state index >= 15 is 0 Å². The van der Waals surface area contributed by atoms with Gasteiger partial charge in [0.2, 0.25) is 0 Å². The highest BCUT2D eigenvalue weighted by Crippen LogP contribution is 2.38. The van der Waals surface area contributed by atoms with Gasteiger partial charge in [-0.1, -0.05) is 24.3 Å². The molecule has 32 heavy (non-hydrogen) atoms. The summed E-state index contributed by atoms with van der Waals surface area (Å²) in [6.45, 7) is 0. The Morgan fingerprint density at radius 1 is 1.00 bits per heavy atom. The lowest BCUT2D eigenvalue weighted by Gasteiger charge is -2.21. The van der Waals surface area contributed by atoms with Gasteiger partial charge in [-0.05, 0) is 42.5 Å². The van der Waals surface area contributed by atoms with Crippen LogP contribution in [0.3, 0.4) is 0 Å². The van der Waals surface area contributed by atoms with E-state index in [-0.39, 0.29) is 29.6 Å². The predicted octanol–water partition coefficient (Wildman–Crippen LogP) is 6.14. The molecule has 0 saturated carbocycles. The summed E-state index contributed by atoms with van der Waals surface area (Å²) >= 11 is 0. The summed E-state index contributed by atoms with van der Waals surface area (Å²) in [5, 5.41) is 7.53. The molecule has 2 aromatic heterocycles. The van der Waals surface area contributed by atoms with Gasteiger partial charge in [0.25, 0.3) is 0 Å². The van der Waals surface area contributed by atoms with Crippen LogP contribution in [0.2, 0.25) is 0 Å². The molecule has 0 unspecified atom stereocenters. The number of furan rings is 1. The molecule has 8 heteroatoms. The van der Waals surface area contributed by atoms with Gasteiger partial charge in [0.15, 0.2) is 11.6 Å². The summed E-state index contributed by atoms with van der Waals surface area (Å²) in [7, 11) is 0. The van der Waals surface area contributed by atoms with Gasteiger partial charge >= 0.3 is 6.18 Å². The van der Waals surface area contributed by atoms with E-state index < -0.39 is 11.7 Å². The molecular weight excluding hydrogens is 419 g/mol. The first kappa shape index (κ1) is 20.1. The minimum Gasteiger partial charge on any atom is -0.469 e. The summed E-state index contributed by atoms with van der Waals surface area (Å²) in [5.74, 6) is 0.693. The van der Waals surface area contributed by atoms with Gasteiger partial charge in [-0.3, -0.25) is 4.79 Å². The fourth-order valence-corrected chi connectivity index (χ4v) is 4.07. The minimum absolute atomic E-state index is 0.134. The number of Topliss-reactive ketones (excluding diaryl/α,β-unsaturated/α-hetero) is 1. The first-order chi connectivity index (χ1) is 15.4. The topological polar surface area (TPSA) is 60.1 Å². The zero-order valence-electron chi connectivity index (χ0n) is 16.8. The quantitative estimate of drug-likeness (QED) is 0.417. The Morgan fingerprint density at radius 2 is 1.81 bits per heavy atom. The summed E-state index contributed by atoms with van der Waals surface area (Å²) in [6, 6.07) is 17.8. The number of alkyl halides is 3. The average Bonchev–Trinajstić information content (AvgIpc) is 3.43. The van der Waals surface area contributed by atoms with Gasteiger partial charge in [-0.25, -0.2) is 4.68 Å². The number of carbonyl (C=O) groups is 1. The Morgan fingerprint density at radius 3 is 2.53 bits per heavy atom. The molecule has 0 aliphatic heterocycles. The summed E-state index contributed by atoms with van der Waals surface area (Å²) in [4.78, 5) is 13.2. The molecule has 0 spiro atoms. The van der Waals surface area contributed by atoms with Crippen molar-refractivity contribution in [2.24, 2.45) is 0 Å². The highest BCUT2D eigenvalue weighted by atomic mass is 19.4. The number of aromatic nitrogens is 2. The van der Waals surface area contributed by atoms with E-state index in [1.54, 1.807) is 17.0 Å². The molecule has 5 rings (SSSR count). The Kier molecular flexibility index (Phi) is 4.84. The van der Waals surface area contributed by atoms with E-state index in [4.69, 9.17) is 4.42 Å². The molecule has 0 radical (unpaired) electrons. The van der Waals surface area contributed by atoms with Gasteiger partial charge in [-0.15, -0.1) is 5.10 Å². The number of rotatable bonds is 4. The molecule has 5 nitrogen and oxygen atoms in total. The second-order valence-electron chi connectivity index (χ2n) is 7.66. The van der Waals surface area contributed by atoms with Crippen LogP contribution < -0.4 is 5.32 Å². The standard InChI is InChI=1S/C24H18F3N3O2/c25-24(26,27)16-6-4-7-17(14-16)28-23-22-19(30(29-23)18-8-2-1-3-9-18)12-15(13-20(22)31)21-10-5-11-32-21/h1-11,14-15H,12-13H2,(H,28,29)/t15-/m1/s1. The summed E-state index contributed by atoms with van der Waals surface area (Å²) < 4.78 is 46.6. The second kappa shape index (κ2) is 7.71. The molecule has 2 aromatic carbocycles. The Balaban J connectivity index is 1.59. The van der Waals surface area contributed by atoms with Crippen molar-refractivity contribution in [2.75, 3.05) is 5.32 Å². The Hall–Kier alpha value is -3.81. The van der Waals surface area contributed by atoms with Crippen LogP contribution in [0.15, 0.2) is 77.4 Å². The second-order valence-corrected chi connectivity index (χ2v) is 7.66. The zero-order chi connectivity index (χ0) is 22.3. The highest BCUT2D eigenvalue weighted by molar-refractivity contribution is 6.03. The van der Waals surface area contributed by atoms with Crippen LogP contribution in [0.25, 0.3) is 5.69 Å². The highest BCUT2D eigenvalue weighted by Gasteiger charge is 2.35. The third-order valence-corrected chi connectivity index (χ3v) is 5.53. The smallest absolute Gasteiger partial charge is 0.416 e. The number of fused-ring (bicyclic) bond motifs is 1. The number of anilines is 2. The van der Waals surface area contributed by atoms with E-state index in [1.807, 2.05) is 36.4 Å². The number of halogens is 3. The first-order valence-electron chi connectivity index (χ1n) is 10.1. The van der Waals surface area contributed by atoms with E-state index in [0.717, 1.165) is 23.6 Å². The van der Waals surface area contributed by atoms with Crippen molar-refractivity contribution < 1.29 is 22.4 Å². The van der Waals surface area contributed by atoms with Crippen LogP contribution >= 0.6 is 0 Å². The molecule has 2 heterocycles. The molecule has 0 saturated heterocycles. The Labute approximate surface area is 181 Å². The minimum atomic E-state index is -4.47. The third-order valence-electron chi connectivity index (χ3n) is 5.53. The molecule has 4 aromatic rings. The maximum Gasteiger partial charge on any atom is 0.416 e. The molecule has 1 atom stereocenters. The molecule has 0 amide bonds. The molecule has 1 aliphatic carbocycles. The van der Waals surface area contributed by atoms with Crippen LogP contribution in [0.4, 0.5) is 24.7 Å². The molecule has 162 valence electrons. The number of hydrogen-bond acceptors (Lipinski definition) is 4. The Bertz CT molecular complexity index is 1260. The fourth-order valence-electron chi connectivity index (χ4n) is 4.07. The fraction of sp³-hybridized carbons (Fsp3) is 0.167. The van der Waals surface area contributed by atoms with Crippen molar-refractivity contribution in [3.8, 4) is 5.69 Å². The van der Waals surface area contributed by atoms with Crippen molar-refractivity contribution in [1.29, 1.82) is 0 Å². The number of hydrogen-bond donors (Lipinski definition) is 1. The van der Waals surface area contributed by atoms with Gasteiger partial charge in [0.05, 0.1) is 28.8 Å². The lowest BCUT2D eigenvalue weighted by molar-refractivity contribution is -0.137. The molecular formula is C24H18F3N3O2. The number of benzene rings is 2.